The van der Waals surface area contributed by atoms with Crippen LogP contribution in [0.15, 0.2) is 5.38 Å². The Morgan fingerprint density at radius 2 is 2.50 bits per heavy atom. The van der Waals surface area contributed by atoms with Crippen LogP contribution < -0.4 is 0 Å². The van der Waals surface area contributed by atoms with Gasteiger partial charge in [-0.05, 0) is 12.8 Å². The molecule has 0 saturated carbocycles. The summed E-state index contributed by atoms with van der Waals surface area (Å²) in [5.41, 5.74) is 1.19. The standard InChI is InChI=1S/C8H12BrNOS/c1-11-5-8-10-7(6-12-8)3-2-4-9/h6H,2-5H2,1H3. The highest BCUT2D eigenvalue weighted by molar-refractivity contribution is 9.09. The first-order chi connectivity index (χ1) is 5.86. The molecule has 12 heavy (non-hydrogen) atoms. The van der Waals surface area contributed by atoms with Gasteiger partial charge in [0, 0.05) is 17.8 Å². The molecule has 0 aliphatic heterocycles. The summed E-state index contributed by atoms with van der Waals surface area (Å²) in [4.78, 5) is 4.41. The van der Waals surface area contributed by atoms with Crippen LogP contribution in [0.1, 0.15) is 17.1 Å². The minimum absolute atomic E-state index is 0.638. The van der Waals surface area contributed by atoms with Crippen LogP contribution in [-0.4, -0.2) is 17.4 Å². The molecule has 68 valence electrons. The molecule has 1 aromatic rings. The zero-order valence-corrected chi connectivity index (χ0v) is 9.45. The van der Waals surface area contributed by atoms with Crippen molar-refractivity contribution in [2.75, 3.05) is 12.4 Å². The van der Waals surface area contributed by atoms with E-state index in [0.29, 0.717) is 6.61 Å². The second-order valence-corrected chi connectivity index (χ2v) is 4.19. The predicted molar refractivity (Wildman–Crippen MR) is 54.9 cm³/mol. The lowest BCUT2D eigenvalue weighted by atomic mass is 10.3. The van der Waals surface area contributed by atoms with Crippen LogP contribution >= 0.6 is 27.3 Å². The second-order valence-electron chi connectivity index (χ2n) is 2.46. The van der Waals surface area contributed by atoms with E-state index in [4.69, 9.17) is 4.74 Å². The number of aromatic nitrogens is 1. The molecule has 0 fully saturated rings. The normalized spacial score (nSPS) is 10.5. The van der Waals surface area contributed by atoms with Crippen molar-refractivity contribution >= 4 is 27.3 Å². The van der Waals surface area contributed by atoms with Crippen molar-refractivity contribution in [2.45, 2.75) is 19.4 Å². The summed E-state index contributed by atoms with van der Waals surface area (Å²) in [5.74, 6) is 0. The molecule has 0 amide bonds. The fourth-order valence-corrected chi connectivity index (χ4v) is 1.98. The van der Waals surface area contributed by atoms with Crippen molar-refractivity contribution in [1.29, 1.82) is 0 Å². The van der Waals surface area contributed by atoms with Crippen LogP contribution in [0, 0.1) is 0 Å². The molecule has 4 heteroatoms. The van der Waals surface area contributed by atoms with Crippen LogP contribution in [0.2, 0.25) is 0 Å². The lowest BCUT2D eigenvalue weighted by molar-refractivity contribution is 0.184. The van der Waals surface area contributed by atoms with Gasteiger partial charge >= 0.3 is 0 Å². The number of halogens is 1. The summed E-state index contributed by atoms with van der Waals surface area (Å²) in [6, 6.07) is 0. The Bertz CT molecular complexity index is 227. The van der Waals surface area contributed by atoms with E-state index in [9.17, 15) is 0 Å². The summed E-state index contributed by atoms with van der Waals surface area (Å²) in [5, 5.41) is 4.23. The first kappa shape index (κ1) is 10.2. The van der Waals surface area contributed by atoms with Crippen LogP contribution in [0.3, 0.4) is 0 Å². The highest BCUT2D eigenvalue weighted by Crippen LogP contribution is 2.12. The molecule has 0 spiro atoms. The molecule has 0 aliphatic rings. The van der Waals surface area contributed by atoms with Crippen LogP contribution in [0.25, 0.3) is 0 Å². The number of ether oxygens (including phenoxy) is 1. The molecule has 2 nitrogen and oxygen atoms in total. The molecule has 0 radical (unpaired) electrons. The molecule has 1 aromatic heterocycles. The molecule has 1 heterocycles. The Hall–Kier alpha value is 0.0700. The van der Waals surface area contributed by atoms with E-state index in [0.717, 1.165) is 23.2 Å². The highest BCUT2D eigenvalue weighted by atomic mass is 79.9. The smallest absolute Gasteiger partial charge is 0.119 e. The first-order valence-corrected chi connectivity index (χ1v) is 5.85. The molecule has 0 aromatic carbocycles. The summed E-state index contributed by atoms with van der Waals surface area (Å²) in [6.07, 6.45) is 2.21. The van der Waals surface area contributed by atoms with Gasteiger partial charge in [-0.3, -0.25) is 0 Å². The number of methoxy groups -OCH3 is 1. The molecule has 0 atom stereocenters. The number of nitrogens with zero attached hydrogens (tertiary/aromatic N) is 1. The molecule has 0 unspecified atom stereocenters. The SMILES string of the molecule is COCc1nc(CCCBr)cs1. The number of aryl methyl sites for hydroxylation is 1. The first-order valence-electron chi connectivity index (χ1n) is 3.85. The van der Waals surface area contributed by atoms with Gasteiger partial charge in [0.2, 0.25) is 0 Å². The van der Waals surface area contributed by atoms with E-state index >= 15 is 0 Å². The third kappa shape index (κ3) is 3.21. The molecular formula is C8H12BrNOS. The van der Waals surface area contributed by atoms with E-state index < -0.39 is 0 Å². The van der Waals surface area contributed by atoms with Gasteiger partial charge in [0.05, 0.1) is 12.3 Å². The van der Waals surface area contributed by atoms with Crippen molar-refractivity contribution in [3.8, 4) is 0 Å². The quantitative estimate of drug-likeness (QED) is 0.749. The van der Waals surface area contributed by atoms with Gasteiger partial charge in [0.25, 0.3) is 0 Å². The highest BCUT2D eigenvalue weighted by Gasteiger charge is 2.00. The number of hydrogen-bond acceptors (Lipinski definition) is 3. The maximum Gasteiger partial charge on any atom is 0.119 e. The van der Waals surface area contributed by atoms with E-state index in [2.05, 4.69) is 26.3 Å². The summed E-state index contributed by atoms with van der Waals surface area (Å²) >= 11 is 5.07. The topological polar surface area (TPSA) is 22.1 Å². The Morgan fingerprint density at radius 3 is 3.17 bits per heavy atom. The van der Waals surface area contributed by atoms with Gasteiger partial charge in [0.1, 0.15) is 5.01 Å². The fraction of sp³-hybridized carbons (Fsp3) is 0.625. The molecule has 0 aliphatic carbocycles. The third-order valence-electron chi connectivity index (χ3n) is 1.43. The van der Waals surface area contributed by atoms with Crippen molar-refractivity contribution in [3.05, 3.63) is 16.1 Å². The van der Waals surface area contributed by atoms with Crippen LogP contribution in [0.5, 0.6) is 0 Å². The van der Waals surface area contributed by atoms with Gasteiger partial charge in [-0.1, -0.05) is 15.9 Å². The largest absolute Gasteiger partial charge is 0.378 e. The Morgan fingerprint density at radius 1 is 1.67 bits per heavy atom. The maximum absolute atomic E-state index is 4.98. The van der Waals surface area contributed by atoms with Gasteiger partial charge in [-0.15, -0.1) is 11.3 Å². The number of hydrogen-bond donors (Lipinski definition) is 0. The Kier molecular flexibility index (Phi) is 4.80. The monoisotopic (exact) mass is 249 g/mol. The van der Waals surface area contributed by atoms with Crippen LogP contribution in [-0.2, 0) is 17.8 Å². The lowest BCUT2D eigenvalue weighted by Crippen LogP contribution is -1.89. The average molecular weight is 250 g/mol. The minimum atomic E-state index is 0.638. The number of rotatable bonds is 5. The third-order valence-corrected chi connectivity index (χ3v) is 2.87. The van der Waals surface area contributed by atoms with E-state index in [1.807, 2.05) is 0 Å². The minimum Gasteiger partial charge on any atom is -0.378 e. The zero-order chi connectivity index (χ0) is 8.81. The molecular weight excluding hydrogens is 238 g/mol. The summed E-state index contributed by atoms with van der Waals surface area (Å²) in [6.45, 7) is 0.638. The number of alkyl halides is 1. The lowest BCUT2D eigenvalue weighted by Gasteiger charge is -1.92. The van der Waals surface area contributed by atoms with Gasteiger partial charge in [-0.2, -0.15) is 0 Å². The van der Waals surface area contributed by atoms with E-state index in [1.165, 1.54) is 5.69 Å². The molecule has 1 rings (SSSR count). The second kappa shape index (κ2) is 5.67. The predicted octanol–water partition coefficient (Wildman–Crippen LogP) is 2.62. The molecule has 0 N–H and O–H groups in total. The maximum atomic E-state index is 4.98. The Balaban J connectivity index is 2.41. The summed E-state index contributed by atoms with van der Waals surface area (Å²) in [7, 11) is 1.69. The van der Waals surface area contributed by atoms with E-state index in [-0.39, 0.29) is 0 Å². The number of thiazole rings is 1. The van der Waals surface area contributed by atoms with Gasteiger partial charge in [0.15, 0.2) is 0 Å². The summed E-state index contributed by atoms with van der Waals surface area (Å²) < 4.78 is 4.98. The zero-order valence-electron chi connectivity index (χ0n) is 7.05. The van der Waals surface area contributed by atoms with Crippen molar-refractivity contribution in [1.82, 2.24) is 4.98 Å². The van der Waals surface area contributed by atoms with Gasteiger partial charge < -0.3 is 4.74 Å². The fourth-order valence-electron chi connectivity index (χ4n) is 0.901. The molecule has 0 saturated heterocycles. The van der Waals surface area contributed by atoms with Crippen molar-refractivity contribution in [2.24, 2.45) is 0 Å². The van der Waals surface area contributed by atoms with Crippen molar-refractivity contribution < 1.29 is 4.74 Å². The average Bonchev–Trinajstić information content (AvgIpc) is 2.50. The van der Waals surface area contributed by atoms with Gasteiger partial charge in [-0.25, -0.2) is 4.98 Å². The van der Waals surface area contributed by atoms with Crippen molar-refractivity contribution in [3.63, 3.8) is 0 Å². The van der Waals surface area contributed by atoms with Crippen LogP contribution in [0.4, 0.5) is 0 Å². The Labute approximate surface area is 85.1 Å². The van der Waals surface area contributed by atoms with E-state index in [1.54, 1.807) is 18.4 Å². The molecule has 0 bridgehead atoms.